The fourth-order valence-corrected chi connectivity index (χ4v) is 1.27. The summed E-state index contributed by atoms with van der Waals surface area (Å²) >= 11 is 0. The van der Waals surface area contributed by atoms with Crippen LogP contribution < -0.4 is 11.5 Å². The van der Waals surface area contributed by atoms with E-state index in [1.54, 1.807) is 13.0 Å². The lowest BCUT2D eigenvalue weighted by atomic mass is 10.2. The SMILES string of the molecule is Cc1cc(N=Nc2c(N)n[nH]c2N)ccc1F. The van der Waals surface area contributed by atoms with Crippen molar-refractivity contribution in [2.45, 2.75) is 6.92 Å². The molecule has 2 rings (SSSR count). The topological polar surface area (TPSA) is 105 Å². The Kier molecular flexibility index (Phi) is 2.73. The molecule has 0 atom stereocenters. The molecule has 17 heavy (non-hydrogen) atoms. The number of rotatable bonds is 2. The Morgan fingerprint density at radius 1 is 1.29 bits per heavy atom. The lowest BCUT2D eigenvalue weighted by Crippen LogP contribution is -1.84. The number of hydrogen-bond donors (Lipinski definition) is 3. The van der Waals surface area contributed by atoms with Crippen LogP contribution in [0.2, 0.25) is 0 Å². The average Bonchev–Trinajstić information content (AvgIpc) is 2.61. The summed E-state index contributed by atoms with van der Waals surface area (Å²) in [6.07, 6.45) is 0. The predicted octanol–water partition coefficient (Wildman–Crippen LogP) is 2.44. The number of aromatic nitrogens is 2. The number of nitrogen functional groups attached to an aromatic ring is 2. The van der Waals surface area contributed by atoms with Crippen LogP contribution in [0.5, 0.6) is 0 Å². The van der Waals surface area contributed by atoms with Gasteiger partial charge in [-0.15, -0.1) is 5.11 Å². The summed E-state index contributed by atoms with van der Waals surface area (Å²) < 4.78 is 13.0. The second kappa shape index (κ2) is 4.20. The summed E-state index contributed by atoms with van der Waals surface area (Å²) in [6.45, 7) is 1.65. The normalized spacial score (nSPS) is 11.2. The molecular formula is C10H11FN6. The first-order valence-electron chi connectivity index (χ1n) is 4.85. The van der Waals surface area contributed by atoms with Gasteiger partial charge in [0.2, 0.25) is 0 Å². The van der Waals surface area contributed by atoms with Gasteiger partial charge in [-0.05, 0) is 30.7 Å². The molecule has 0 aliphatic rings. The first kappa shape index (κ1) is 11.1. The number of azo groups is 1. The van der Waals surface area contributed by atoms with Crippen molar-refractivity contribution >= 4 is 23.0 Å². The van der Waals surface area contributed by atoms with E-state index in [1.807, 2.05) is 0 Å². The Labute approximate surface area is 96.5 Å². The molecule has 6 nitrogen and oxygen atoms in total. The highest BCUT2D eigenvalue weighted by molar-refractivity contribution is 5.70. The van der Waals surface area contributed by atoms with Crippen molar-refractivity contribution in [1.29, 1.82) is 0 Å². The molecule has 1 aromatic carbocycles. The Hall–Kier alpha value is -2.44. The van der Waals surface area contributed by atoms with Gasteiger partial charge in [0.15, 0.2) is 11.5 Å². The average molecular weight is 234 g/mol. The monoisotopic (exact) mass is 234 g/mol. The molecule has 2 aromatic rings. The van der Waals surface area contributed by atoms with E-state index in [2.05, 4.69) is 20.4 Å². The van der Waals surface area contributed by atoms with Gasteiger partial charge >= 0.3 is 0 Å². The fourth-order valence-electron chi connectivity index (χ4n) is 1.27. The smallest absolute Gasteiger partial charge is 0.175 e. The summed E-state index contributed by atoms with van der Waals surface area (Å²) in [5.41, 5.74) is 12.4. The minimum Gasteiger partial charge on any atom is -0.382 e. The molecule has 5 N–H and O–H groups in total. The Morgan fingerprint density at radius 3 is 2.65 bits per heavy atom. The molecular weight excluding hydrogens is 223 g/mol. The van der Waals surface area contributed by atoms with Gasteiger partial charge in [0, 0.05) is 0 Å². The number of nitrogens with two attached hydrogens (primary N) is 2. The van der Waals surface area contributed by atoms with Gasteiger partial charge in [0.1, 0.15) is 11.6 Å². The number of nitrogens with one attached hydrogen (secondary N) is 1. The number of anilines is 2. The number of aromatic amines is 1. The fraction of sp³-hybridized carbons (Fsp3) is 0.100. The molecule has 0 spiro atoms. The summed E-state index contributed by atoms with van der Waals surface area (Å²) in [4.78, 5) is 0. The minimum absolute atomic E-state index is 0.171. The van der Waals surface area contributed by atoms with Crippen LogP contribution in [0.15, 0.2) is 28.4 Å². The summed E-state index contributed by atoms with van der Waals surface area (Å²) in [5.74, 6) is 0.126. The number of benzene rings is 1. The van der Waals surface area contributed by atoms with E-state index in [1.165, 1.54) is 12.1 Å². The van der Waals surface area contributed by atoms with E-state index in [0.29, 0.717) is 11.3 Å². The molecule has 88 valence electrons. The van der Waals surface area contributed by atoms with Crippen LogP contribution in [0, 0.1) is 12.7 Å². The lowest BCUT2D eigenvalue weighted by Gasteiger charge is -1.96. The highest BCUT2D eigenvalue weighted by atomic mass is 19.1. The van der Waals surface area contributed by atoms with Gasteiger partial charge in [0.05, 0.1) is 5.69 Å². The van der Waals surface area contributed by atoms with Gasteiger partial charge in [-0.2, -0.15) is 10.2 Å². The Balaban J connectivity index is 2.29. The standard InChI is InChI=1S/C10H11FN6/c1-5-4-6(2-3-7(5)11)14-15-8-9(12)16-17-10(8)13/h2-4H,1H3,(H5,12,13,16,17). The number of hydrogen-bond acceptors (Lipinski definition) is 5. The van der Waals surface area contributed by atoms with E-state index in [-0.39, 0.29) is 23.1 Å². The first-order valence-corrected chi connectivity index (χ1v) is 4.85. The molecule has 0 aliphatic heterocycles. The molecule has 0 aliphatic carbocycles. The highest BCUT2D eigenvalue weighted by Crippen LogP contribution is 2.28. The van der Waals surface area contributed by atoms with Crippen molar-refractivity contribution in [2.24, 2.45) is 10.2 Å². The summed E-state index contributed by atoms with van der Waals surface area (Å²) in [6, 6.07) is 4.41. The van der Waals surface area contributed by atoms with Crippen LogP contribution in [-0.4, -0.2) is 10.2 Å². The zero-order valence-corrected chi connectivity index (χ0v) is 9.11. The molecule has 0 bridgehead atoms. The Bertz CT molecular complexity index is 555. The molecule has 1 aromatic heterocycles. The molecule has 0 saturated carbocycles. The number of H-pyrrole nitrogens is 1. The van der Waals surface area contributed by atoms with Crippen LogP contribution >= 0.6 is 0 Å². The maximum atomic E-state index is 13.0. The van der Waals surface area contributed by atoms with Crippen molar-refractivity contribution in [3.8, 4) is 0 Å². The number of halogens is 1. The van der Waals surface area contributed by atoms with Crippen LogP contribution in [0.4, 0.5) is 27.4 Å². The van der Waals surface area contributed by atoms with E-state index in [0.717, 1.165) is 0 Å². The lowest BCUT2D eigenvalue weighted by molar-refractivity contribution is 0.618. The van der Waals surface area contributed by atoms with E-state index in [9.17, 15) is 4.39 Å². The number of aryl methyl sites for hydroxylation is 1. The third-order valence-corrected chi connectivity index (χ3v) is 2.20. The molecule has 1 heterocycles. The van der Waals surface area contributed by atoms with Crippen molar-refractivity contribution in [3.63, 3.8) is 0 Å². The van der Waals surface area contributed by atoms with Crippen LogP contribution in [0.1, 0.15) is 5.56 Å². The largest absolute Gasteiger partial charge is 0.382 e. The second-order valence-corrected chi connectivity index (χ2v) is 3.50. The van der Waals surface area contributed by atoms with Gasteiger partial charge in [-0.3, -0.25) is 5.10 Å². The molecule has 0 radical (unpaired) electrons. The number of nitrogens with zero attached hydrogens (tertiary/aromatic N) is 3. The molecule has 7 heteroatoms. The van der Waals surface area contributed by atoms with Crippen molar-refractivity contribution in [2.75, 3.05) is 11.5 Å². The highest BCUT2D eigenvalue weighted by Gasteiger charge is 2.06. The zero-order valence-electron chi connectivity index (χ0n) is 9.11. The third kappa shape index (κ3) is 2.22. The van der Waals surface area contributed by atoms with E-state index in [4.69, 9.17) is 11.5 Å². The van der Waals surface area contributed by atoms with Crippen LogP contribution in [0.3, 0.4) is 0 Å². The van der Waals surface area contributed by atoms with Gasteiger partial charge in [-0.1, -0.05) is 0 Å². The molecule has 0 fully saturated rings. The minimum atomic E-state index is -0.286. The van der Waals surface area contributed by atoms with E-state index >= 15 is 0 Å². The predicted molar refractivity (Wildman–Crippen MR) is 62.7 cm³/mol. The van der Waals surface area contributed by atoms with Crippen molar-refractivity contribution in [3.05, 3.63) is 29.6 Å². The Morgan fingerprint density at radius 2 is 2.06 bits per heavy atom. The molecule has 0 unspecified atom stereocenters. The van der Waals surface area contributed by atoms with Gasteiger partial charge in [-0.25, -0.2) is 4.39 Å². The second-order valence-electron chi connectivity index (χ2n) is 3.50. The quantitative estimate of drug-likeness (QED) is 0.694. The van der Waals surface area contributed by atoms with Crippen LogP contribution in [-0.2, 0) is 0 Å². The summed E-state index contributed by atoms with van der Waals surface area (Å²) in [5, 5.41) is 13.9. The maximum absolute atomic E-state index is 13.0. The molecule has 0 saturated heterocycles. The zero-order chi connectivity index (χ0) is 12.4. The first-order chi connectivity index (χ1) is 8.08. The van der Waals surface area contributed by atoms with Gasteiger partial charge < -0.3 is 11.5 Å². The van der Waals surface area contributed by atoms with Gasteiger partial charge in [0.25, 0.3) is 0 Å². The van der Waals surface area contributed by atoms with Crippen molar-refractivity contribution in [1.82, 2.24) is 10.2 Å². The molecule has 0 amide bonds. The third-order valence-electron chi connectivity index (χ3n) is 2.20. The van der Waals surface area contributed by atoms with Crippen molar-refractivity contribution < 1.29 is 4.39 Å². The van der Waals surface area contributed by atoms with E-state index < -0.39 is 0 Å². The van der Waals surface area contributed by atoms with Crippen LogP contribution in [0.25, 0.3) is 0 Å². The maximum Gasteiger partial charge on any atom is 0.175 e. The summed E-state index contributed by atoms with van der Waals surface area (Å²) in [7, 11) is 0.